The summed E-state index contributed by atoms with van der Waals surface area (Å²) >= 11 is 1.55. The molecule has 3 rings (SSSR count). The van der Waals surface area contributed by atoms with Gasteiger partial charge in [-0.05, 0) is 43.3 Å². The molecule has 1 aromatic heterocycles. The summed E-state index contributed by atoms with van der Waals surface area (Å²) in [5.74, 6) is -1.57. The highest BCUT2D eigenvalue weighted by atomic mass is 32.1. The molecule has 1 N–H and O–H groups in total. The van der Waals surface area contributed by atoms with Gasteiger partial charge in [-0.2, -0.15) is 0 Å². The first kappa shape index (κ1) is 17.0. The number of rotatable bonds is 5. The Bertz CT molecular complexity index is 894. The van der Waals surface area contributed by atoms with Crippen LogP contribution in [0.5, 0.6) is 5.75 Å². The second-order valence-corrected chi connectivity index (χ2v) is 6.14. The third kappa shape index (κ3) is 4.39. The molecule has 0 fully saturated rings. The third-order valence-electron chi connectivity index (χ3n) is 3.30. The number of amides is 1. The van der Waals surface area contributed by atoms with Crippen LogP contribution in [0.1, 0.15) is 5.69 Å². The molecule has 1 amide bonds. The number of nitrogens with one attached hydrogen (secondary N) is 1. The molecule has 0 unspecified atom stereocenters. The topological polar surface area (TPSA) is 51.2 Å². The van der Waals surface area contributed by atoms with Crippen LogP contribution in [0.4, 0.5) is 14.5 Å². The predicted molar refractivity (Wildman–Crippen MR) is 92.8 cm³/mol. The smallest absolute Gasteiger partial charge is 0.262 e. The molecule has 0 atom stereocenters. The Morgan fingerprint density at radius 1 is 1.20 bits per heavy atom. The second-order valence-electron chi connectivity index (χ2n) is 5.28. The lowest BCUT2D eigenvalue weighted by molar-refractivity contribution is -0.118. The van der Waals surface area contributed by atoms with E-state index in [4.69, 9.17) is 4.74 Å². The van der Waals surface area contributed by atoms with Crippen molar-refractivity contribution in [2.45, 2.75) is 6.92 Å². The maximum absolute atomic E-state index is 13.5. The second kappa shape index (κ2) is 7.40. The zero-order valence-electron chi connectivity index (χ0n) is 13.3. The Morgan fingerprint density at radius 2 is 1.96 bits per heavy atom. The molecule has 128 valence electrons. The summed E-state index contributed by atoms with van der Waals surface area (Å²) in [6, 6.07) is 10.1. The molecule has 0 saturated heterocycles. The molecular formula is C18H14F2N2O2S. The van der Waals surface area contributed by atoms with Crippen LogP contribution >= 0.6 is 11.3 Å². The number of anilines is 1. The van der Waals surface area contributed by atoms with E-state index in [9.17, 15) is 13.6 Å². The van der Waals surface area contributed by atoms with Gasteiger partial charge in [0, 0.05) is 22.7 Å². The third-order valence-corrected chi connectivity index (χ3v) is 4.30. The van der Waals surface area contributed by atoms with Gasteiger partial charge in [0.25, 0.3) is 5.91 Å². The van der Waals surface area contributed by atoms with E-state index in [0.717, 1.165) is 28.4 Å². The molecule has 0 aliphatic carbocycles. The van der Waals surface area contributed by atoms with Gasteiger partial charge < -0.3 is 10.1 Å². The lowest BCUT2D eigenvalue weighted by atomic mass is 10.2. The van der Waals surface area contributed by atoms with Gasteiger partial charge in [0.1, 0.15) is 22.4 Å². The lowest BCUT2D eigenvalue weighted by Gasteiger charge is -2.08. The number of halogens is 2. The Hall–Kier alpha value is -2.80. The molecule has 7 heteroatoms. The summed E-state index contributed by atoms with van der Waals surface area (Å²) in [6.07, 6.45) is 0. The summed E-state index contributed by atoms with van der Waals surface area (Å²) in [4.78, 5) is 16.2. The molecular weight excluding hydrogens is 346 g/mol. The molecule has 1 heterocycles. The Kier molecular flexibility index (Phi) is 5.04. The average Bonchev–Trinajstić information content (AvgIpc) is 3.02. The van der Waals surface area contributed by atoms with Gasteiger partial charge in [0.15, 0.2) is 6.61 Å². The minimum absolute atomic E-state index is 0.0931. The van der Waals surface area contributed by atoms with Crippen molar-refractivity contribution in [2.75, 3.05) is 11.9 Å². The van der Waals surface area contributed by atoms with Crippen molar-refractivity contribution in [3.05, 3.63) is 65.2 Å². The van der Waals surface area contributed by atoms with Crippen molar-refractivity contribution in [2.24, 2.45) is 0 Å². The van der Waals surface area contributed by atoms with Crippen LogP contribution in [0, 0.1) is 18.6 Å². The number of hydrogen-bond donors (Lipinski definition) is 1. The van der Waals surface area contributed by atoms with E-state index in [1.807, 2.05) is 24.4 Å². The highest BCUT2D eigenvalue weighted by Gasteiger charge is 2.09. The van der Waals surface area contributed by atoms with Crippen molar-refractivity contribution in [1.29, 1.82) is 0 Å². The fourth-order valence-electron chi connectivity index (χ4n) is 2.11. The van der Waals surface area contributed by atoms with E-state index in [0.29, 0.717) is 11.8 Å². The SMILES string of the molecule is Cc1csc(-c2ccc(OCC(=O)Nc3ccc(F)cc3F)cc2)n1. The van der Waals surface area contributed by atoms with Crippen molar-refractivity contribution in [3.8, 4) is 16.3 Å². The molecule has 0 radical (unpaired) electrons. The predicted octanol–water partition coefficient (Wildman–Crippen LogP) is 4.41. The van der Waals surface area contributed by atoms with Crippen LogP contribution in [0.15, 0.2) is 47.8 Å². The lowest BCUT2D eigenvalue weighted by Crippen LogP contribution is -2.20. The molecule has 0 spiro atoms. The van der Waals surface area contributed by atoms with Gasteiger partial charge in [0.2, 0.25) is 0 Å². The van der Waals surface area contributed by atoms with E-state index in [-0.39, 0.29) is 12.3 Å². The number of nitrogens with zero attached hydrogens (tertiary/aromatic N) is 1. The Balaban J connectivity index is 1.57. The van der Waals surface area contributed by atoms with Gasteiger partial charge in [-0.25, -0.2) is 13.8 Å². The van der Waals surface area contributed by atoms with Crippen molar-refractivity contribution < 1.29 is 18.3 Å². The summed E-state index contributed by atoms with van der Waals surface area (Å²) < 4.78 is 31.7. The van der Waals surface area contributed by atoms with Gasteiger partial charge in [0.05, 0.1) is 5.69 Å². The number of carbonyl (C=O) groups excluding carboxylic acids is 1. The Morgan fingerprint density at radius 3 is 2.60 bits per heavy atom. The van der Waals surface area contributed by atoms with Crippen molar-refractivity contribution in [3.63, 3.8) is 0 Å². The zero-order chi connectivity index (χ0) is 17.8. The summed E-state index contributed by atoms with van der Waals surface area (Å²) in [6.45, 7) is 1.65. The first-order valence-corrected chi connectivity index (χ1v) is 8.29. The number of aromatic nitrogens is 1. The molecule has 0 aliphatic heterocycles. The van der Waals surface area contributed by atoms with Crippen molar-refractivity contribution >= 4 is 22.9 Å². The maximum Gasteiger partial charge on any atom is 0.262 e. The summed E-state index contributed by atoms with van der Waals surface area (Å²) in [7, 11) is 0. The number of carbonyl (C=O) groups is 1. The highest BCUT2D eigenvalue weighted by Crippen LogP contribution is 2.25. The first-order chi connectivity index (χ1) is 12.0. The molecule has 3 aromatic rings. The quantitative estimate of drug-likeness (QED) is 0.733. The molecule has 0 saturated carbocycles. The molecule has 25 heavy (non-hydrogen) atoms. The van der Waals surface area contributed by atoms with Crippen LogP contribution in [0.3, 0.4) is 0 Å². The van der Waals surface area contributed by atoms with Crippen LogP contribution in [0.25, 0.3) is 10.6 Å². The van der Waals surface area contributed by atoms with Crippen molar-refractivity contribution in [1.82, 2.24) is 4.98 Å². The fourth-order valence-corrected chi connectivity index (χ4v) is 2.91. The summed E-state index contributed by atoms with van der Waals surface area (Å²) in [5.41, 5.74) is 1.83. The van der Waals surface area contributed by atoms with Gasteiger partial charge >= 0.3 is 0 Å². The van der Waals surface area contributed by atoms with Gasteiger partial charge in [-0.15, -0.1) is 11.3 Å². The normalized spacial score (nSPS) is 10.5. The Labute approximate surface area is 147 Å². The number of benzene rings is 2. The standard InChI is InChI=1S/C18H14F2N2O2S/c1-11-10-25-18(21-11)12-2-5-14(6-3-12)24-9-17(23)22-16-7-4-13(19)8-15(16)20/h2-8,10H,9H2,1H3,(H,22,23). The fraction of sp³-hybridized carbons (Fsp3) is 0.111. The number of aryl methyl sites for hydroxylation is 1. The van der Waals surface area contributed by atoms with E-state index < -0.39 is 17.5 Å². The van der Waals surface area contributed by atoms with Crippen LogP contribution < -0.4 is 10.1 Å². The molecule has 0 aliphatic rings. The number of ether oxygens (including phenoxy) is 1. The van der Waals surface area contributed by atoms with E-state index in [2.05, 4.69) is 10.3 Å². The minimum atomic E-state index is -0.837. The first-order valence-electron chi connectivity index (χ1n) is 7.41. The number of hydrogen-bond acceptors (Lipinski definition) is 4. The number of thiazole rings is 1. The highest BCUT2D eigenvalue weighted by molar-refractivity contribution is 7.13. The van der Waals surface area contributed by atoms with E-state index >= 15 is 0 Å². The van der Waals surface area contributed by atoms with Crippen LogP contribution in [-0.4, -0.2) is 17.5 Å². The zero-order valence-corrected chi connectivity index (χ0v) is 14.1. The van der Waals surface area contributed by atoms with E-state index in [1.165, 1.54) is 0 Å². The van der Waals surface area contributed by atoms with Crippen LogP contribution in [0.2, 0.25) is 0 Å². The maximum atomic E-state index is 13.5. The summed E-state index contributed by atoms with van der Waals surface area (Å²) in [5, 5.41) is 5.22. The van der Waals surface area contributed by atoms with E-state index in [1.54, 1.807) is 23.5 Å². The largest absolute Gasteiger partial charge is 0.484 e. The monoisotopic (exact) mass is 360 g/mol. The average molecular weight is 360 g/mol. The molecule has 0 bridgehead atoms. The molecule has 2 aromatic carbocycles. The van der Waals surface area contributed by atoms with Gasteiger partial charge in [-0.1, -0.05) is 0 Å². The minimum Gasteiger partial charge on any atom is -0.484 e. The molecule has 4 nitrogen and oxygen atoms in total. The van der Waals surface area contributed by atoms with Gasteiger partial charge in [-0.3, -0.25) is 4.79 Å². The van der Waals surface area contributed by atoms with Crippen LogP contribution in [-0.2, 0) is 4.79 Å².